The average molecular weight is 354 g/mol. The Labute approximate surface area is 145 Å². The fourth-order valence-electron chi connectivity index (χ4n) is 3.35. The van der Waals surface area contributed by atoms with E-state index in [-0.39, 0.29) is 16.5 Å². The molecule has 1 aromatic rings. The normalized spacial score (nSPS) is 19.8. The van der Waals surface area contributed by atoms with E-state index in [0.29, 0.717) is 18.5 Å². The van der Waals surface area contributed by atoms with Gasteiger partial charge in [-0.2, -0.15) is 0 Å². The molecular formula is C17H21ClFN3O2. The Morgan fingerprint density at radius 3 is 2.62 bits per heavy atom. The number of hydrogen-bond donors (Lipinski definition) is 1. The number of nitrogens with zero attached hydrogens (tertiary/aromatic N) is 2. The monoisotopic (exact) mass is 353 g/mol. The van der Waals surface area contributed by atoms with Crippen molar-refractivity contribution in [3.8, 4) is 0 Å². The van der Waals surface area contributed by atoms with Crippen LogP contribution in [0.4, 0.5) is 4.39 Å². The van der Waals surface area contributed by atoms with Crippen LogP contribution >= 0.6 is 11.6 Å². The SMILES string of the molecule is O=CN1CC(N2CCC(CNC(=O)c3cc(F)cc(Cl)c3)CC2)C1. The zero-order chi connectivity index (χ0) is 17.1. The number of rotatable bonds is 5. The summed E-state index contributed by atoms with van der Waals surface area (Å²) in [7, 11) is 0. The standard InChI is InChI=1S/C17H21ClFN3O2/c18-14-5-13(6-15(19)7-14)17(24)20-8-12-1-3-22(4-2-12)16-9-21(10-16)11-23/h5-7,11-12,16H,1-4,8-10H2,(H,20,24). The lowest BCUT2D eigenvalue weighted by atomic mass is 9.94. The number of halogens is 2. The van der Waals surface area contributed by atoms with E-state index in [1.165, 1.54) is 18.2 Å². The maximum absolute atomic E-state index is 13.3. The van der Waals surface area contributed by atoms with Crippen molar-refractivity contribution >= 4 is 23.9 Å². The molecule has 1 N–H and O–H groups in total. The van der Waals surface area contributed by atoms with Gasteiger partial charge in [-0.1, -0.05) is 11.6 Å². The van der Waals surface area contributed by atoms with Crippen molar-refractivity contribution in [3.05, 3.63) is 34.6 Å². The minimum Gasteiger partial charge on any atom is -0.352 e. The van der Waals surface area contributed by atoms with Gasteiger partial charge in [-0.25, -0.2) is 4.39 Å². The summed E-state index contributed by atoms with van der Waals surface area (Å²) in [4.78, 5) is 26.9. The molecule has 0 saturated carbocycles. The third-order valence-electron chi connectivity index (χ3n) is 4.88. The lowest BCUT2D eigenvalue weighted by molar-refractivity contribution is -0.125. The van der Waals surface area contributed by atoms with Crippen molar-refractivity contribution in [2.45, 2.75) is 18.9 Å². The minimum absolute atomic E-state index is 0.221. The molecule has 0 aromatic heterocycles. The Balaban J connectivity index is 1.42. The predicted molar refractivity (Wildman–Crippen MR) is 89.5 cm³/mol. The predicted octanol–water partition coefficient (Wildman–Crippen LogP) is 1.76. The summed E-state index contributed by atoms with van der Waals surface area (Å²) in [6.07, 6.45) is 2.93. The number of nitrogens with one attached hydrogen (secondary N) is 1. The topological polar surface area (TPSA) is 52.7 Å². The van der Waals surface area contributed by atoms with Crippen LogP contribution in [0.15, 0.2) is 18.2 Å². The van der Waals surface area contributed by atoms with Crippen LogP contribution < -0.4 is 5.32 Å². The van der Waals surface area contributed by atoms with Gasteiger partial charge in [0.1, 0.15) is 5.82 Å². The quantitative estimate of drug-likeness (QED) is 0.821. The Morgan fingerprint density at radius 1 is 1.29 bits per heavy atom. The molecule has 24 heavy (non-hydrogen) atoms. The highest BCUT2D eigenvalue weighted by Gasteiger charge is 2.33. The first-order valence-corrected chi connectivity index (χ1v) is 8.60. The summed E-state index contributed by atoms with van der Waals surface area (Å²) in [5.41, 5.74) is 0.251. The van der Waals surface area contributed by atoms with Gasteiger partial charge in [0.05, 0.1) is 0 Å². The first-order valence-electron chi connectivity index (χ1n) is 8.23. The highest BCUT2D eigenvalue weighted by molar-refractivity contribution is 6.31. The lowest BCUT2D eigenvalue weighted by Crippen LogP contribution is -2.60. The number of likely N-dealkylation sites (tertiary alicyclic amines) is 2. The second-order valence-electron chi connectivity index (χ2n) is 6.56. The van der Waals surface area contributed by atoms with E-state index in [9.17, 15) is 14.0 Å². The van der Waals surface area contributed by atoms with Crippen molar-refractivity contribution in [2.24, 2.45) is 5.92 Å². The van der Waals surface area contributed by atoms with E-state index < -0.39 is 5.82 Å². The van der Waals surface area contributed by atoms with E-state index in [1.807, 2.05) is 0 Å². The van der Waals surface area contributed by atoms with Gasteiger partial charge in [0.2, 0.25) is 6.41 Å². The Hall–Kier alpha value is -1.66. The van der Waals surface area contributed by atoms with Gasteiger partial charge in [0.15, 0.2) is 0 Å². The van der Waals surface area contributed by atoms with Crippen molar-refractivity contribution in [1.29, 1.82) is 0 Å². The van der Waals surface area contributed by atoms with Gasteiger partial charge in [-0.05, 0) is 50.0 Å². The molecule has 3 rings (SSSR count). The van der Waals surface area contributed by atoms with E-state index in [1.54, 1.807) is 4.90 Å². The summed E-state index contributed by atoms with van der Waals surface area (Å²) in [5, 5.41) is 3.09. The fraction of sp³-hybridized carbons (Fsp3) is 0.529. The summed E-state index contributed by atoms with van der Waals surface area (Å²) in [6, 6.07) is 4.33. The molecule has 2 fully saturated rings. The number of benzene rings is 1. The summed E-state index contributed by atoms with van der Waals surface area (Å²) < 4.78 is 13.3. The first-order chi connectivity index (χ1) is 11.5. The second kappa shape index (κ2) is 7.49. The molecule has 2 saturated heterocycles. The van der Waals surface area contributed by atoms with Crippen LogP contribution in [0.2, 0.25) is 5.02 Å². The van der Waals surface area contributed by atoms with Crippen LogP contribution in [0.25, 0.3) is 0 Å². The maximum atomic E-state index is 13.3. The van der Waals surface area contributed by atoms with Crippen LogP contribution in [-0.2, 0) is 4.79 Å². The summed E-state index contributed by atoms with van der Waals surface area (Å²) in [5.74, 6) is -0.373. The number of carbonyl (C=O) groups excluding carboxylic acids is 2. The van der Waals surface area contributed by atoms with Gasteiger partial charge in [0, 0.05) is 36.3 Å². The number of piperidine rings is 1. The average Bonchev–Trinajstić information content (AvgIpc) is 2.52. The van der Waals surface area contributed by atoms with E-state index in [4.69, 9.17) is 11.6 Å². The van der Waals surface area contributed by atoms with Gasteiger partial charge < -0.3 is 10.2 Å². The smallest absolute Gasteiger partial charge is 0.251 e. The molecule has 0 aliphatic carbocycles. The molecule has 2 amide bonds. The van der Waals surface area contributed by atoms with Crippen LogP contribution in [0, 0.1) is 11.7 Å². The van der Waals surface area contributed by atoms with Crippen LogP contribution in [0.5, 0.6) is 0 Å². The number of hydrogen-bond acceptors (Lipinski definition) is 3. The zero-order valence-corrected chi connectivity index (χ0v) is 14.1. The second-order valence-corrected chi connectivity index (χ2v) is 7.00. The van der Waals surface area contributed by atoms with E-state index in [2.05, 4.69) is 10.2 Å². The largest absolute Gasteiger partial charge is 0.352 e. The highest BCUT2D eigenvalue weighted by Crippen LogP contribution is 2.22. The van der Waals surface area contributed by atoms with E-state index in [0.717, 1.165) is 45.4 Å². The van der Waals surface area contributed by atoms with Crippen molar-refractivity contribution < 1.29 is 14.0 Å². The molecule has 2 aliphatic rings. The molecule has 5 nitrogen and oxygen atoms in total. The number of carbonyl (C=O) groups is 2. The molecular weight excluding hydrogens is 333 g/mol. The third kappa shape index (κ3) is 4.05. The first kappa shape index (κ1) is 17.2. The van der Waals surface area contributed by atoms with Crippen LogP contribution in [0.3, 0.4) is 0 Å². The van der Waals surface area contributed by atoms with Crippen LogP contribution in [-0.4, -0.2) is 60.9 Å². The van der Waals surface area contributed by atoms with Crippen LogP contribution in [0.1, 0.15) is 23.2 Å². The molecule has 0 unspecified atom stereocenters. The van der Waals surface area contributed by atoms with Gasteiger partial charge in [-0.15, -0.1) is 0 Å². The minimum atomic E-state index is -0.508. The maximum Gasteiger partial charge on any atom is 0.251 e. The number of amides is 2. The molecule has 2 aliphatic heterocycles. The lowest BCUT2D eigenvalue weighted by Gasteiger charge is -2.46. The van der Waals surface area contributed by atoms with Crippen molar-refractivity contribution in [3.63, 3.8) is 0 Å². The molecule has 1 aromatic carbocycles. The molecule has 2 heterocycles. The Kier molecular flexibility index (Phi) is 5.36. The van der Waals surface area contributed by atoms with E-state index >= 15 is 0 Å². The summed E-state index contributed by atoms with van der Waals surface area (Å²) in [6.45, 7) is 4.22. The van der Waals surface area contributed by atoms with Crippen molar-refractivity contribution in [2.75, 3.05) is 32.7 Å². The Morgan fingerprint density at radius 2 is 2.00 bits per heavy atom. The fourth-order valence-corrected chi connectivity index (χ4v) is 3.57. The third-order valence-corrected chi connectivity index (χ3v) is 5.10. The molecule has 7 heteroatoms. The molecule has 0 atom stereocenters. The highest BCUT2D eigenvalue weighted by atomic mass is 35.5. The Bertz CT molecular complexity index is 594. The molecule has 130 valence electrons. The van der Waals surface area contributed by atoms with Gasteiger partial charge >= 0.3 is 0 Å². The molecule has 0 bridgehead atoms. The van der Waals surface area contributed by atoms with Gasteiger partial charge in [0.25, 0.3) is 5.91 Å². The molecule has 0 spiro atoms. The molecule has 0 radical (unpaired) electrons. The zero-order valence-electron chi connectivity index (χ0n) is 13.4. The van der Waals surface area contributed by atoms with Crippen molar-refractivity contribution in [1.82, 2.24) is 15.1 Å². The van der Waals surface area contributed by atoms with Gasteiger partial charge in [-0.3, -0.25) is 14.5 Å². The summed E-state index contributed by atoms with van der Waals surface area (Å²) >= 11 is 5.78.